The van der Waals surface area contributed by atoms with Gasteiger partial charge in [0, 0.05) is 12.5 Å². The first kappa shape index (κ1) is 14.6. The van der Waals surface area contributed by atoms with E-state index in [1.165, 1.54) is 0 Å². The second-order valence-electron chi connectivity index (χ2n) is 4.20. The monoisotopic (exact) mass is 256 g/mol. The summed E-state index contributed by atoms with van der Waals surface area (Å²) in [6.07, 6.45) is 0.477. The van der Waals surface area contributed by atoms with E-state index in [0.717, 1.165) is 12.2 Å². The van der Waals surface area contributed by atoms with Crippen LogP contribution in [0.3, 0.4) is 0 Å². The summed E-state index contributed by atoms with van der Waals surface area (Å²) >= 11 is 0. The van der Waals surface area contributed by atoms with Gasteiger partial charge in [-0.1, -0.05) is 13.8 Å². The summed E-state index contributed by atoms with van der Waals surface area (Å²) in [5, 5.41) is 20.3. The minimum Gasteiger partial charge on any atom is -0.481 e. The maximum atomic E-state index is 10.7. The molecule has 1 heterocycles. The molecule has 2 atom stereocenters. The zero-order chi connectivity index (χ0) is 13.5. The molecule has 7 heteroatoms. The first-order chi connectivity index (χ1) is 8.58. The molecule has 0 radical (unpaired) electrons. The minimum atomic E-state index is -0.883. The van der Waals surface area contributed by atoms with Gasteiger partial charge in [0.15, 0.2) is 5.82 Å². The molecule has 1 aromatic heterocycles. The van der Waals surface area contributed by atoms with E-state index < -0.39 is 12.1 Å². The molecule has 0 aliphatic rings. The average molecular weight is 256 g/mol. The predicted octanol–water partition coefficient (Wildman–Crippen LogP) is 1.07. The number of nitrogens with zero attached hydrogens (tertiary/aromatic N) is 4. The molecule has 0 amide bonds. The summed E-state index contributed by atoms with van der Waals surface area (Å²) in [6.45, 7) is 6.77. The van der Waals surface area contributed by atoms with Gasteiger partial charge in [-0.3, -0.25) is 4.79 Å². The Bertz CT molecular complexity index is 380. The molecule has 0 spiro atoms. The van der Waals surface area contributed by atoms with Crippen LogP contribution in [0.25, 0.3) is 0 Å². The lowest BCUT2D eigenvalue weighted by Crippen LogP contribution is -2.25. The van der Waals surface area contributed by atoms with Crippen LogP contribution < -0.4 is 0 Å². The Kier molecular flexibility index (Phi) is 5.70. The Labute approximate surface area is 106 Å². The number of carbonyl (C=O) groups is 1. The van der Waals surface area contributed by atoms with Gasteiger partial charge in [-0.2, -0.15) is 0 Å². The summed E-state index contributed by atoms with van der Waals surface area (Å²) in [4.78, 5) is 10.7. The third-order valence-electron chi connectivity index (χ3n) is 2.79. The normalized spacial score (nSPS) is 14.4. The first-order valence-corrected chi connectivity index (χ1v) is 6.17. The highest BCUT2D eigenvalue weighted by Gasteiger charge is 2.19. The van der Waals surface area contributed by atoms with Gasteiger partial charge in [-0.25, -0.2) is 4.68 Å². The van der Waals surface area contributed by atoms with Crippen LogP contribution in [-0.2, 0) is 16.1 Å². The number of tetrazole rings is 1. The molecule has 0 bridgehead atoms. The number of aliphatic carboxylic acids is 1. The predicted molar refractivity (Wildman–Crippen MR) is 64.2 cm³/mol. The van der Waals surface area contributed by atoms with Crippen molar-refractivity contribution in [1.29, 1.82) is 0 Å². The molecule has 1 rings (SSSR count). The number of aromatic nitrogens is 4. The fourth-order valence-electron chi connectivity index (χ4n) is 1.68. The van der Waals surface area contributed by atoms with E-state index in [1.54, 1.807) is 4.68 Å². The van der Waals surface area contributed by atoms with Crippen LogP contribution in [0.2, 0.25) is 0 Å². The number of hydrogen-bond acceptors (Lipinski definition) is 5. The fraction of sp³-hybridized carbons (Fsp3) is 0.818. The number of hydrogen-bond donors (Lipinski definition) is 1. The average Bonchev–Trinajstić information content (AvgIpc) is 2.75. The van der Waals surface area contributed by atoms with Crippen molar-refractivity contribution in [3.63, 3.8) is 0 Å². The van der Waals surface area contributed by atoms with Crippen LogP contribution in [-0.4, -0.2) is 44.0 Å². The molecular formula is C11H20N4O3. The topological polar surface area (TPSA) is 90.1 Å². The molecular weight excluding hydrogens is 236 g/mol. The smallest absolute Gasteiger partial charge is 0.306 e. The molecule has 18 heavy (non-hydrogen) atoms. The van der Waals surface area contributed by atoms with Gasteiger partial charge in [-0.15, -0.1) is 5.10 Å². The van der Waals surface area contributed by atoms with E-state index in [4.69, 9.17) is 9.84 Å². The Morgan fingerprint density at radius 2 is 2.22 bits per heavy atom. The molecule has 0 saturated carbocycles. The van der Waals surface area contributed by atoms with Crippen LogP contribution in [0.5, 0.6) is 0 Å². The zero-order valence-corrected chi connectivity index (χ0v) is 11.0. The van der Waals surface area contributed by atoms with Gasteiger partial charge in [0.05, 0.1) is 19.1 Å². The zero-order valence-electron chi connectivity index (χ0n) is 11.0. The fourth-order valence-corrected chi connectivity index (χ4v) is 1.68. The molecule has 0 aromatic carbocycles. The second kappa shape index (κ2) is 7.05. The number of carboxylic acid groups (broad SMARTS) is 1. The van der Waals surface area contributed by atoms with E-state index in [1.807, 2.05) is 13.8 Å². The lowest BCUT2D eigenvalue weighted by molar-refractivity contribution is -0.140. The largest absolute Gasteiger partial charge is 0.481 e. The van der Waals surface area contributed by atoms with Crippen molar-refractivity contribution in [2.24, 2.45) is 0 Å². The SMILES string of the molecule is CCOC(CC(=O)O)Cn1nnnc1C(C)CC. The summed E-state index contributed by atoms with van der Waals surface area (Å²) in [5.41, 5.74) is 0. The highest BCUT2D eigenvalue weighted by atomic mass is 16.5. The van der Waals surface area contributed by atoms with Crippen LogP contribution in [0.4, 0.5) is 0 Å². The molecule has 0 aliphatic carbocycles. The van der Waals surface area contributed by atoms with Crippen molar-refractivity contribution in [2.75, 3.05) is 6.61 Å². The van der Waals surface area contributed by atoms with Gasteiger partial charge in [0.2, 0.25) is 0 Å². The molecule has 1 N–H and O–H groups in total. The Morgan fingerprint density at radius 1 is 1.50 bits per heavy atom. The van der Waals surface area contributed by atoms with E-state index >= 15 is 0 Å². The summed E-state index contributed by atoms with van der Waals surface area (Å²) in [7, 11) is 0. The summed E-state index contributed by atoms with van der Waals surface area (Å²) in [5.74, 6) is 0.131. The lowest BCUT2D eigenvalue weighted by Gasteiger charge is -2.16. The Balaban J connectivity index is 2.74. The van der Waals surface area contributed by atoms with E-state index in [0.29, 0.717) is 13.2 Å². The Hall–Kier alpha value is -1.50. The standard InChI is InChI=1S/C11H20N4O3/c1-4-8(3)11-12-13-14-15(11)7-9(18-5-2)6-10(16)17/h8-9H,4-7H2,1-3H3,(H,16,17). The molecule has 0 fully saturated rings. The van der Waals surface area contributed by atoms with Crippen molar-refractivity contribution < 1.29 is 14.6 Å². The highest BCUT2D eigenvalue weighted by molar-refractivity contribution is 5.67. The summed E-state index contributed by atoms with van der Waals surface area (Å²) < 4.78 is 7.03. The quantitative estimate of drug-likeness (QED) is 0.748. The van der Waals surface area contributed by atoms with Crippen molar-refractivity contribution in [2.45, 2.75) is 52.2 Å². The first-order valence-electron chi connectivity index (χ1n) is 6.17. The van der Waals surface area contributed by atoms with Crippen LogP contribution in [0.1, 0.15) is 45.4 Å². The van der Waals surface area contributed by atoms with E-state index in [9.17, 15) is 4.79 Å². The molecule has 7 nitrogen and oxygen atoms in total. The van der Waals surface area contributed by atoms with Crippen LogP contribution in [0.15, 0.2) is 0 Å². The lowest BCUT2D eigenvalue weighted by atomic mass is 10.1. The molecule has 102 valence electrons. The van der Waals surface area contributed by atoms with E-state index in [2.05, 4.69) is 22.4 Å². The third-order valence-corrected chi connectivity index (χ3v) is 2.79. The number of ether oxygens (including phenoxy) is 1. The molecule has 2 unspecified atom stereocenters. The maximum absolute atomic E-state index is 10.7. The molecule has 0 aliphatic heterocycles. The van der Waals surface area contributed by atoms with Crippen LogP contribution in [0, 0.1) is 0 Å². The van der Waals surface area contributed by atoms with Gasteiger partial charge < -0.3 is 9.84 Å². The van der Waals surface area contributed by atoms with Gasteiger partial charge in [0.25, 0.3) is 0 Å². The van der Waals surface area contributed by atoms with Crippen LogP contribution >= 0.6 is 0 Å². The molecule has 1 aromatic rings. The van der Waals surface area contributed by atoms with E-state index in [-0.39, 0.29) is 12.3 Å². The summed E-state index contributed by atoms with van der Waals surface area (Å²) in [6, 6.07) is 0. The van der Waals surface area contributed by atoms with Gasteiger partial charge >= 0.3 is 5.97 Å². The minimum absolute atomic E-state index is 0.0480. The van der Waals surface area contributed by atoms with Crippen molar-refractivity contribution >= 4 is 5.97 Å². The second-order valence-corrected chi connectivity index (χ2v) is 4.20. The third kappa shape index (κ3) is 4.06. The molecule has 0 saturated heterocycles. The maximum Gasteiger partial charge on any atom is 0.306 e. The number of carboxylic acids is 1. The van der Waals surface area contributed by atoms with Gasteiger partial charge in [-0.05, 0) is 23.8 Å². The highest BCUT2D eigenvalue weighted by Crippen LogP contribution is 2.15. The Morgan fingerprint density at radius 3 is 2.78 bits per heavy atom. The van der Waals surface area contributed by atoms with Crippen molar-refractivity contribution in [1.82, 2.24) is 20.2 Å². The van der Waals surface area contributed by atoms with Gasteiger partial charge in [0.1, 0.15) is 0 Å². The van der Waals surface area contributed by atoms with Crippen molar-refractivity contribution in [3.05, 3.63) is 5.82 Å². The number of rotatable bonds is 8. The van der Waals surface area contributed by atoms with Crippen molar-refractivity contribution in [3.8, 4) is 0 Å².